The Morgan fingerprint density at radius 2 is 1.96 bits per heavy atom. The van der Waals surface area contributed by atoms with Gasteiger partial charge >= 0.3 is 0 Å². The van der Waals surface area contributed by atoms with Crippen molar-refractivity contribution in [2.24, 2.45) is 4.99 Å². The molecular weight excluding hydrogens is 449 g/mol. The van der Waals surface area contributed by atoms with Crippen LogP contribution >= 0.6 is 24.0 Å². The zero-order valence-electron chi connectivity index (χ0n) is 15.7. The summed E-state index contributed by atoms with van der Waals surface area (Å²) in [6.07, 6.45) is 0.617. The van der Waals surface area contributed by atoms with Crippen LogP contribution in [0.1, 0.15) is 31.5 Å². The van der Waals surface area contributed by atoms with Crippen molar-refractivity contribution in [2.45, 2.75) is 26.2 Å². The van der Waals surface area contributed by atoms with E-state index in [1.807, 2.05) is 32.0 Å². The summed E-state index contributed by atoms with van der Waals surface area (Å²) in [4.78, 5) is 8.55. The number of benzene rings is 1. The monoisotopic (exact) mass is 475 g/mol. The third kappa shape index (κ3) is 6.04. The summed E-state index contributed by atoms with van der Waals surface area (Å²) < 4.78 is 15.8. The van der Waals surface area contributed by atoms with Gasteiger partial charge in [-0.25, -0.2) is 0 Å². The Morgan fingerprint density at radius 3 is 2.54 bits per heavy atom. The van der Waals surface area contributed by atoms with Crippen LogP contribution in [0, 0.1) is 0 Å². The summed E-state index contributed by atoms with van der Waals surface area (Å²) in [5.41, 5.74) is 0.839. The lowest BCUT2D eigenvalue weighted by molar-refractivity contribution is 0.355. The number of hydrogen-bond donors (Lipinski definition) is 2. The number of halogens is 1. The number of aliphatic imine (C=N–C) groups is 1. The molecule has 0 amide bonds. The fraction of sp³-hybridized carbons (Fsp3) is 0.471. The molecule has 2 N–H and O–H groups in total. The van der Waals surface area contributed by atoms with Gasteiger partial charge in [-0.1, -0.05) is 19.0 Å². The highest BCUT2D eigenvalue weighted by atomic mass is 127. The van der Waals surface area contributed by atoms with Crippen LogP contribution in [0.2, 0.25) is 0 Å². The second kappa shape index (κ2) is 10.8. The van der Waals surface area contributed by atoms with Gasteiger partial charge < -0.3 is 24.6 Å². The van der Waals surface area contributed by atoms with Gasteiger partial charge in [0.15, 0.2) is 23.3 Å². The summed E-state index contributed by atoms with van der Waals surface area (Å²) in [5, 5.41) is 10.4. The van der Waals surface area contributed by atoms with Crippen molar-refractivity contribution in [1.29, 1.82) is 0 Å². The van der Waals surface area contributed by atoms with E-state index >= 15 is 0 Å². The van der Waals surface area contributed by atoms with Gasteiger partial charge in [-0.05, 0) is 12.1 Å². The average molecular weight is 475 g/mol. The first-order chi connectivity index (χ1) is 12.1. The summed E-state index contributed by atoms with van der Waals surface area (Å²) in [6.45, 7) is 4.68. The fourth-order valence-corrected chi connectivity index (χ4v) is 2.12. The van der Waals surface area contributed by atoms with Crippen LogP contribution in [-0.4, -0.2) is 43.9 Å². The van der Waals surface area contributed by atoms with E-state index in [1.165, 1.54) is 0 Å². The molecule has 0 aliphatic rings. The largest absolute Gasteiger partial charge is 0.493 e. The van der Waals surface area contributed by atoms with Crippen molar-refractivity contribution in [3.05, 3.63) is 29.9 Å². The molecule has 0 unspecified atom stereocenters. The third-order valence-corrected chi connectivity index (χ3v) is 3.50. The molecule has 26 heavy (non-hydrogen) atoms. The number of rotatable bonds is 7. The summed E-state index contributed by atoms with van der Waals surface area (Å²) in [5.74, 6) is 3.55. The Hall–Kier alpha value is -2.04. The van der Waals surface area contributed by atoms with Crippen LogP contribution in [0.15, 0.2) is 27.7 Å². The number of methoxy groups -OCH3 is 2. The van der Waals surface area contributed by atoms with Gasteiger partial charge in [0, 0.05) is 37.7 Å². The molecule has 0 atom stereocenters. The third-order valence-electron chi connectivity index (χ3n) is 3.50. The van der Waals surface area contributed by atoms with Crippen molar-refractivity contribution in [3.8, 4) is 11.5 Å². The molecule has 9 heteroatoms. The molecule has 1 aromatic heterocycles. The first-order valence-electron chi connectivity index (χ1n) is 8.09. The molecule has 0 radical (unpaired) electrons. The molecule has 0 saturated carbocycles. The minimum atomic E-state index is 0. The Bertz CT molecular complexity index is 718. The Balaban J connectivity index is 0.00000338. The number of nitrogens with zero attached hydrogens (tertiary/aromatic N) is 3. The highest BCUT2D eigenvalue weighted by Gasteiger charge is 2.10. The SMILES string of the molecule is CN=C(NCCc1nc(C(C)C)no1)Nc1ccc(OC)c(OC)c1.I. The smallest absolute Gasteiger partial charge is 0.228 e. The van der Waals surface area contributed by atoms with E-state index in [1.54, 1.807) is 21.3 Å². The van der Waals surface area contributed by atoms with Crippen LogP contribution in [0.3, 0.4) is 0 Å². The second-order valence-corrected chi connectivity index (χ2v) is 5.64. The van der Waals surface area contributed by atoms with E-state index in [-0.39, 0.29) is 29.9 Å². The summed E-state index contributed by atoms with van der Waals surface area (Å²) >= 11 is 0. The maximum absolute atomic E-state index is 5.30. The number of anilines is 1. The van der Waals surface area contributed by atoms with Gasteiger partial charge in [0.05, 0.1) is 14.2 Å². The Labute approximate surface area is 170 Å². The molecule has 0 bridgehead atoms. The van der Waals surface area contributed by atoms with Crippen LogP contribution < -0.4 is 20.1 Å². The van der Waals surface area contributed by atoms with Crippen molar-refractivity contribution in [2.75, 3.05) is 33.1 Å². The lowest BCUT2D eigenvalue weighted by Gasteiger charge is -2.13. The van der Waals surface area contributed by atoms with Crippen LogP contribution in [-0.2, 0) is 6.42 Å². The standard InChI is InChI=1S/C17H25N5O3.HI/c1-11(2)16-21-15(25-22-16)8-9-19-17(18-3)20-12-6-7-13(23-4)14(10-12)24-5;/h6-7,10-11H,8-9H2,1-5H3,(H2,18,19,20);1H. The molecular formula is C17H26IN5O3. The van der Waals surface area contributed by atoms with E-state index in [2.05, 4.69) is 25.8 Å². The van der Waals surface area contributed by atoms with Crippen LogP contribution in [0.5, 0.6) is 11.5 Å². The lowest BCUT2D eigenvalue weighted by Crippen LogP contribution is -2.32. The maximum Gasteiger partial charge on any atom is 0.228 e. The average Bonchev–Trinajstić information content (AvgIpc) is 3.09. The number of ether oxygens (including phenoxy) is 2. The quantitative estimate of drug-likeness (QED) is 0.361. The molecule has 0 spiro atoms. The second-order valence-electron chi connectivity index (χ2n) is 5.64. The van der Waals surface area contributed by atoms with E-state index in [9.17, 15) is 0 Å². The zero-order valence-corrected chi connectivity index (χ0v) is 18.0. The zero-order chi connectivity index (χ0) is 18.2. The van der Waals surface area contributed by atoms with Gasteiger partial charge in [-0.15, -0.1) is 24.0 Å². The lowest BCUT2D eigenvalue weighted by atomic mass is 10.2. The molecule has 1 heterocycles. The van der Waals surface area contributed by atoms with E-state index in [4.69, 9.17) is 14.0 Å². The Morgan fingerprint density at radius 1 is 1.23 bits per heavy atom. The van der Waals surface area contributed by atoms with Gasteiger partial charge in [-0.3, -0.25) is 4.99 Å². The predicted molar refractivity (Wildman–Crippen MR) is 112 cm³/mol. The molecule has 0 saturated heterocycles. The predicted octanol–water partition coefficient (Wildman–Crippen LogP) is 3.06. The van der Waals surface area contributed by atoms with E-state index < -0.39 is 0 Å². The molecule has 2 aromatic rings. The molecule has 144 valence electrons. The highest BCUT2D eigenvalue weighted by Crippen LogP contribution is 2.29. The molecule has 2 rings (SSSR count). The summed E-state index contributed by atoms with van der Waals surface area (Å²) in [7, 11) is 4.91. The number of nitrogens with one attached hydrogen (secondary N) is 2. The van der Waals surface area contributed by atoms with Crippen LogP contribution in [0.4, 0.5) is 5.69 Å². The number of aromatic nitrogens is 2. The normalized spacial score (nSPS) is 11.1. The molecule has 0 fully saturated rings. The minimum Gasteiger partial charge on any atom is -0.493 e. The van der Waals surface area contributed by atoms with Gasteiger partial charge in [0.25, 0.3) is 0 Å². The topological polar surface area (TPSA) is 93.8 Å². The van der Waals surface area contributed by atoms with Gasteiger partial charge in [-0.2, -0.15) is 4.98 Å². The van der Waals surface area contributed by atoms with Crippen molar-refractivity contribution >= 4 is 35.6 Å². The van der Waals surface area contributed by atoms with Crippen molar-refractivity contribution < 1.29 is 14.0 Å². The maximum atomic E-state index is 5.30. The van der Waals surface area contributed by atoms with Crippen molar-refractivity contribution in [3.63, 3.8) is 0 Å². The van der Waals surface area contributed by atoms with E-state index in [0.717, 1.165) is 11.5 Å². The molecule has 8 nitrogen and oxygen atoms in total. The first-order valence-corrected chi connectivity index (χ1v) is 8.09. The first kappa shape index (κ1) is 22.0. The Kier molecular flexibility index (Phi) is 9.17. The summed E-state index contributed by atoms with van der Waals surface area (Å²) in [6, 6.07) is 5.57. The highest BCUT2D eigenvalue weighted by molar-refractivity contribution is 14.0. The molecule has 0 aliphatic heterocycles. The molecule has 0 aliphatic carbocycles. The van der Waals surface area contributed by atoms with Crippen molar-refractivity contribution in [1.82, 2.24) is 15.5 Å². The number of guanidine groups is 1. The van der Waals surface area contributed by atoms with E-state index in [0.29, 0.717) is 36.3 Å². The minimum absolute atomic E-state index is 0. The van der Waals surface area contributed by atoms with Gasteiger partial charge in [0.2, 0.25) is 5.89 Å². The number of hydrogen-bond acceptors (Lipinski definition) is 6. The molecule has 1 aromatic carbocycles. The van der Waals surface area contributed by atoms with Crippen LogP contribution in [0.25, 0.3) is 0 Å². The van der Waals surface area contributed by atoms with Gasteiger partial charge in [0.1, 0.15) is 0 Å². The fourth-order valence-electron chi connectivity index (χ4n) is 2.12.